The van der Waals surface area contributed by atoms with Crippen LogP contribution in [0, 0.1) is 0 Å². The highest BCUT2D eigenvalue weighted by atomic mass is 15.1. The molecule has 0 radical (unpaired) electrons. The highest BCUT2D eigenvalue weighted by molar-refractivity contribution is 6.05. The molecule has 0 unspecified atom stereocenters. The van der Waals surface area contributed by atoms with Gasteiger partial charge in [0.15, 0.2) is 16.0 Å². The van der Waals surface area contributed by atoms with Crippen LogP contribution in [0.15, 0.2) is 60.7 Å². The molecule has 7 rings (SSSR count). The Morgan fingerprint density at radius 1 is 0.611 bits per heavy atom. The Labute approximate surface area is 213 Å². The van der Waals surface area contributed by atoms with Crippen molar-refractivity contribution in [2.75, 3.05) is 13.1 Å². The minimum absolute atomic E-state index is 0.405. The average molecular weight is 472 g/mol. The van der Waals surface area contributed by atoms with Crippen LogP contribution in [0.4, 0.5) is 0 Å². The normalized spacial score (nSPS) is 21.2. The summed E-state index contributed by atoms with van der Waals surface area (Å²) in [5, 5.41) is 0. The molecule has 3 aromatic carbocycles. The van der Waals surface area contributed by atoms with Crippen molar-refractivity contribution in [3.63, 3.8) is 0 Å². The van der Waals surface area contributed by atoms with Crippen LogP contribution in [0.25, 0.3) is 44.3 Å². The quantitative estimate of drug-likeness (QED) is 0.386. The molecule has 0 bridgehead atoms. The molecule has 0 spiro atoms. The topological polar surface area (TPSA) is 63.8 Å². The van der Waals surface area contributed by atoms with E-state index in [1.165, 1.54) is 47.9 Å². The second-order valence-corrected chi connectivity index (χ2v) is 10.6. The number of nitrogens with zero attached hydrogens (tertiary/aromatic N) is 4. The van der Waals surface area contributed by atoms with Gasteiger partial charge >= 0.3 is 0 Å². The number of nitrogens with one attached hydrogen (secondary N) is 2. The molecule has 2 fully saturated rings. The van der Waals surface area contributed by atoms with E-state index in [4.69, 9.17) is 9.97 Å². The third-order valence-electron chi connectivity index (χ3n) is 8.23. The first-order valence-electron chi connectivity index (χ1n) is 13.1. The number of benzene rings is 3. The summed E-state index contributed by atoms with van der Waals surface area (Å²) >= 11 is 0. The van der Waals surface area contributed by atoms with Crippen molar-refractivity contribution < 1.29 is 0 Å². The van der Waals surface area contributed by atoms with Gasteiger partial charge in [-0.2, -0.15) is 0 Å². The standard InChI is InChI=1S/C28H30B2N6/c29-35-13-1-3-25(35)27-31-21-11-9-19(15-23(21)33-27)17-5-7-18(8-6-17)20-10-12-22-24(16-20)34-28(32-22)26-4-2-14-36(26)30/h5-12,15-16,25-26H,1-4,13-14,29-30H2,(H,31,33)(H,32,34)/t25-,26-/m0/s1. The number of fused-ring (bicyclic) bond motifs is 2. The van der Waals surface area contributed by atoms with E-state index >= 15 is 0 Å². The minimum Gasteiger partial charge on any atom is -0.341 e. The monoisotopic (exact) mass is 472 g/mol. The summed E-state index contributed by atoms with van der Waals surface area (Å²) in [7, 11) is 4.38. The molecular weight excluding hydrogens is 442 g/mol. The lowest BCUT2D eigenvalue weighted by Gasteiger charge is -2.16. The fourth-order valence-corrected chi connectivity index (χ4v) is 6.09. The molecule has 5 aromatic rings. The Morgan fingerprint density at radius 2 is 1.03 bits per heavy atom. The molecule has 178 valence electrons. The van der Waals surface area contributed by atoms with Crippen molar-refractivity contribution in [2.24, 2.45) is 0 Å². The zero-order valence-corrected chi connectivity index (χ0v) is 21.0. The maximum atomic E-state index is 4.95. The van der Waals surface area contributed by atoms with Crippen molar-refractivity contribution in [3.8, 4) is 22.3 Å². The Morgan fingerprint density at radius 3 is 1.42 bits per heavy atom. The van der Waals surface area contributed by atoms with Crippen LogP contribution in [0.2, 0.25) is 0 Å². The number of hydrogen-bond donors (Lipinski definition) is 2. The molecule has 0 amide bonds. The highest BCUT2D eigenvalue weighted by Gasteiger charge is 2.26. The summed E-state index contributed by atoms with van der Waals surface area (Å²) in [6, 6.07) is 22.8. The molecule has 2 aromatic heterocycles. The lowest BCUT2D eigenvalue weighted by atomic mass is 10.00. The van der Waals surface area contributed by atoms with E-state index in [2.05, 4.69) is 96.2 Å². The van der Waals surface area contributed by atoms with Gasteiger partial charge in [0.05, 0.1) is 34.2 Å². The Balaban J connectivity index is 1.15. The molecule has 4 heterocycles. The predicted octanol–water partition coefficient (Wildman–Crippen LogP) is 4.14. The summed E-state index contributed by atoms with van der Waals surface area (Å²) < 4.78 is 0. The fraction of sp³-hybridized carbons (Fsp3) is 0.286. The van der Waals surface area contributed by atoms with Crippen molar-refractivity contribution >= 4 is 38.0 Å². The molecule has 0 saturated carbocycles. The van der Waals surface area contributed by atoms with Crippen molar-refractivity contribution in [1.82, 2.24) is 29.6 Å². The van der Waals surface area contributed by atoms with E-state index in [0.717, 1.165) is 46.8 Å². The zero-order valence-electron chi connectivity index (χ0n) is 21.0. The third-order valence-corrected chi connectivity index (χ3v) is 8.23. The molecule has 2 saturated heterocycles. The van der Waals surface area contributed by atoms with Gasteiger partial charge in [-0.15, -0.1) is 0 Å². The highest BCUT2D eigenvalue weighted by Crippen LogP contribution is 2.33. The van der Waals surface area contributed by atoms with Gasteiger partial charge in [-0.05, 0) is 85.3 Å². The first-order chi connectivity index (χ1) is 17.6. The fourth-order valence-electron chi connectivity index (χ4n) is 6.09. The SMILES string of the molecule is BN1CCC[C@H]1c1nc2cc(-c3ccc(-c4ccc5[nH]c([C@@H]6CCCN6B)nc5c4)cc3)ccc2[nH]1. The lowest BCUT2D eigenvalue weighted by molar-refractivity contribution is 0.419. The average Bonchev–Trinajstić information content (AvgIpc) is 3.68. The number of H-pyrrole nitrogens is 2. The van der Waals surface area contributed by atoms with Gasteiger partial charge < -0.3 is 19.6 Å². The first kappa shape index (κ1) is 21.9. The lowest BCUT2D eigenvalue weighted by Crippen LogP contribution is -2.20. The summed E-state index contributed by atoms with van der Waals surface area (Å²) in [4.78, 5) is 21.8. The first-order valence-corrected chi connectivity index (χ1v) is 13.1. The van der Waals surface area contributed by atoms with E-state index in [1.807, 2.05) is 0 Å². The van der Waals surface area contributed by atoms with Gasteiger partial charge in [-0.3, -0.25) is 0 Å². The predicted molar refractivity (Wildman–Crippen MR) is 151 cm³/mol. The summed E-state index contributed by atoms with van der Waals surface area (Å²) in [6.07, 6.45) is 4.82. The maximum Gasteiger partial charge on any atom is 0.186 e. The van der Waals surface area contributed by atoms with Crippen LogP contribution < -0.4 is 0 Å². The smallest absolute Gasteiger partial charge is 0.186 e. The summed E-state index contributed by atoms with van der Waals surface area (Å²) in [5.41, 5.74) is 9.10. The second-order valence-electron chi connectivity index (χ2n) is 10.6. The van der Waals surface area contributed by atoms with Gasteiger partial charge in [-0.1, -0.05) is 36.4 Å². The van der Waals surface area contributed by atoms with Gasteiger partial charge in [0.25, 0.3) is 0 Å². The van der Waals surface area contributed by atoms with Gasteiger partial charge in [0.2, 0.25) is 0 Å². The number of imidazole rings is 2. The second kappa shape index (κ2) is 8.64. The van der Waals surface area contributed by atoms with Crippen LogP contribution in [0.3, 0.4) is 0 Å². The van der Waals surface area contributed by atoms with E-state index in [1.54, 1.807) is 0 Å². The molecule has 36 heavy (non-hydrogen) atoms. The molecule has 2 aliphatic heterocycles. The molecule has 8 heteroatoms. The molecule has 2 aliphatic rings. The Hall–Kier alpha value is -3.35. The molecular formula is C28H30B2N6. The number of aromatic amines is 2. The number of hydrogen-bond acceptors (Lipinski definition) is 4. The maximum absolute atomic E-state index is 4.95. The number of aromatic nitrogens is 4. The van der Waals surface area contributed by atoms with Gasteiger partial charge in [0.1, 0.15) is 11.6 Å². The van der Waals surface area contributed by atoms with Crippen LogP contribution in [0.1, 0.15) is 49.4 Å². The largest absolute Gasteiger partial charge is 0.341 e. The van der Waals surface area contributed by atoms with E-state index in [-0.39, 0.29) is 0 Å². The van der Waals surface area contributed by atoms with E-state index in [9.17, 15) is 0 Å². The summed E-state index contributed by atoms with van der Waals surface area (Å²) in [5.74, 6) is 2.18. The third kappa shape index (κ3) is 3.76. The molecule has 0 aliphatic carbocycles. The molecule has 6 nitrogen and oxygen atoms in total. The van der Waals surface area contributed by atoms with E-state index < -0.39 is 0 Å². The minimum atomic E-state index is 0.405. The van der Waals surface area contributed by atoms with Gasteiger partial charge in [-0.25, -0.2) is 9.97 Å². The Kier molecular flexibility index (Phi) is 5.26. The number of rotatable bonds is 4. The molecule has 2 N–H and O–H groups in total. The van der Waals surface area contributed by atoms with Crippen LogP contribution >= 0.6 is 0 Å². The molecule has 2 atom stereocenters. The van der Waals surface area contributed by atoms with E-state index in [0.29, 0.717) is 12.1 Å². The van der Waals surface area contributed by atoms with Crippen molar-refractivity contribution in [2.45, 2.75) is 37.8 Å². The Bertz CT molecular complexity index is 1440. The van der Waals surface area contributed by atoms with Crippen molar-refractivity contribution in [1.29, 1.82) is 0 Å². The zero-order chi connectivity index (χ0) is 24.2. The van der Waals surface area contributed by atoms with Crippen LogP contribution in [0.5, 0.6) is 0 Å². The van der Waals surface area contributed by atoms with Crippen molar-refractivity contribution in [3.05, 3.63) is 72.3 Å². The van der Waals surface area contributed by atoms with Crippen LogP contribution in [-0.4, -0.2) is 58.6 Å². The summed E-state index contributed by atoms with van der Waals surface area (Å²) in [6.45, 7) is 2.29. The van der Waals surface area contributed by atoms with Crippen LogP contribution in [-0.2, 0) is 0 Å². The van der Waals surface area contributed by atoms with Gasteiger partial charge in [0, 0.05) is 0 Å².